The topological polar surface area (TPSA) is 35.5 Å². The summed E-state index contributed by atoms with van der Waals surface area (Å²) in [5.74, 6) is 0. The Morgan fingerprint density at radius 3 is 2.40 bits per heavy atom. The first-order chi connectivity index (χ1) is 7.43. The van der Waals surface area contributed by atoms with E-state index >= 15 is 0 Å². The molecule has 0 radical (unpaired) electrons. The van der Waals surface area contributed by atoms with Gasteiger partial charge in [0.2, 0.25) is 0 Å². The zero-order valence-electron chi connectivity index (χ0n) is 9.88. The Morgan fingerprint density at radius 2 is 1.67 bits per heavy atom. The molecule has 0 aromatic rings. The Bertz CT molecular complexity index is 136. The van der Waals surface area contributed by atoms with Gasteiger partial charge in [-0.15, -0.1) is 0 Å². The zero-order chi connectivity index (χ0) is 10.8. The molecule has 3 heteroatoms. The summed E-state index contributed by atoms with van der Waals surface area (Å²) in [5, 5.41) is 12.1. The highest BCUT2D eigenvalue weighted by atomic mass is 16.2. The van der Waals surface area contributed by atoms with E-state index in [2.05, 4.69) is 10.2 Å². The lowest BCUT2D eigenvalue weighted by molar-refractivity contribution is 0.282. The second kappa shape index (κ2) is 9.13. The van der Waals surface area contributed by atoms with E-state index in [0.29, 0.717) is 6.61 Å². The molecule has 0 aromatic carbocycles. The van der Waals surface area contributed by atoms with Crippen molar-refractivity contribution in [3.8, 4) is 0 Å². The number of rotatable bonds is 9. The maximum atomic E-state index is 8.61. The zero-order valence-corrected chi connectivity index (χ0v) is 9.88. The summed E-state index contributed by atoms with van der Waals surface area (Å²) < 4.78 is 0. The van der Waals surface area contributed by atoms with Crippen LogP contribution in [0.4, 0.5) is 0 Å². The molecule has 0 bridgehead atoms. The van der Waals surface area contributed by atoms with E-state index in [4.69, 9.17) is 5.11 Å². The maximum Gasteiger partial charge on any atom is 0.0431 e. The van der Waals surface area contributed by atoms with Gasteiger partial charge in [0, 0.05) is 19.7 Å². The van der Waals surface area contributed by atoms with Gasteiger partial charge in [-0.25, -0.2) is 0 Å². The van der Waals surface area contributed by atoms with E-state index in [1.807, 2.05) is 0 Å². The summed E-state index contributed by atoms with van der Waals surface area (Å²) in [7, 11) is 0. The minimum Gasteiger partial charge on any atom is -0.396 e. The Labute approximate surface area is 93.9 Å². The van der Waals surface area contributed by atoms with Gasteiger partial charge in [0.05, 0.1) is 0 Å². The van der Waals surface area contributed by atoms with Gasteiger partial charge in [-0.1, -0.05) is 12.8 Å². The van der Waals surface area contributed by atoms with Crippen LogP contribution in [0.1, 0.15) is 38.5 Å². The van der Waals surface area contributed by atoms with Crippen LogP contribution in [0.3, 0.4) is 0 Å². The number of unbranched alkanes of at least 4 members (excludes halogenated alkanes) is 3. The normalized spacial score (nSPS) is 17.4. The van der Waals surface area contributed by atoms with Crippen molar-refractivity contribution >= 4 is 0 Å². The predicted octanol–water partition coefficient (Wildman–Crippen LogP) is 1.22. The van der Waals surface area contributed by atoms with Crippen LogP contribution < -0.4 is 5.32 Å². The molecule has 1 aliphatic heterocycles. The van der Waals surface area contributed by atoms with Gasteiger partial charge in [0.15, 0.2) is 0 Å². The molecule has 0 amide bonds. The third-order valence-corrected chi connectivity index (χ3v) is 3.07. The number of hydrogen-bond donors (Lipinski definition) is 2. The highest BCUT2D eigenvalue weighted by Crippen LogP contribution is 2.05. The van der Waals surface area contributed by atoms with Crippen LogP contribution in [0, 0.1) is 0 Å². The average Bonchev–Trinajstić information content (AvgIpc) is 2.75. The second-order valence-corrected chi connectivity index (χ2v) is 4.44. The lowest BCUT2D eigenvalue weighted by Gasteiger charge is -2.14. The van der Waals surface area contributed by atoms with Crippen LogP contribution >= 0.6 is 0 Å². The summed E-state index contributed by atoms with van der Waals surface area (Å²) >= 11 is 0. The Kier molecular flexibility index (Phi) is 7.88. The fraction of sp³-hybridized carbons (Fsp3) is 1.00. The van der Waals surface area contributed by atoms with Gasteiger partial charge in [-0.3, -0.25) is 0 Å². The Morgan fingerprint density at radius 1 is 0.933 bits per heavy atom. The van der Waals surface area contributed by atoms with Gasteiger partial charge >= 0.3 is 0 Å². The first kappa shape index (κ1) is 12.9. The number of nitrogens with one attached hydrogen (secondary N) is 1. The molecular weight excluding hydrogens is 188 g/mol. The Hall–Kier alpha value is -0.120. The number of nitrogens with zero attached hydrogens (tertiary/aromatic N) is 1. The van der Waals surface area contributed by atoms with Crippen molar-refractivity contribution in [1.29, 1.82) is 0 Å². The van der Waals surface area contributed by atoms with Crippen molar-refractivity contribution in [2.24, 2.45) is 0 Å². The summed E-state index contributed by atoms with van der Waals surface area (Å²) in [6.07, 6.45) is 7.41. The van der Waals surface area contributed by atoms with E-state index < -0.39 is 0 Å². The van der Waals surface area contributed by atoms with E-state index in [9.17, 15) is 0 Å². The molecule has 3 nitrogen and oxygen atoms in total. The molecule has 1 fully saturated rings. The molecular formula is C12H26N2O. The van der Waals surface area contributed by atoms with Gasteiger partial charge in [0.1, 0.15) is 0 Å². The summed E-state index contributed by atoms with van der Waals surface area (Å²) in [6.45, 7) is 6.45. The standard InChI is InChI=1S/C12H26N2O/c15-12-6-2-1-3-7-13-8-11-14-9-4-5-10-14/h13,15H,1-12H2. The highest BCUT2D eigenvalue weighted by molar-refractivity contribution is 4.66. The second-order valence-electron chi connectivity index (χ2n) is 4.44. The lowest BCUT2D eigenvalue weighted by Crippen LogP contribution is -2.30. The molecule has 15 heavy (non-hydrogen) atoms. The predicted molar refractivity (Wildman–Crippen MR) is 64.1 cm³/mol. The van der Waals surface area contributed by atoms with Gasteiger partial charge in [0.25, 0.3) is 0 Å². The number of likely N-dealkylation sites (tertiary alicyclic amines) is 1. The van der Waals surface area contributed by atoms with Gasteiger partial charge in [-0.05, 0) is 45.3 Å². The minimum atomic E-state index is 0.350. The SMILES string of the molecule is OCCCCCCNCCN1CCCC1. The molecule has 0 unspecified atom stereocenters. The van der Waals surface area contributed by atoms with Crippen LogP contribution in [-0.2, 0) is 0 Å². The number of hydrogen-bond acceptors (Lipinski definition) is 3. The van der Waals surface area contributed by atoms with Crippen molar-refractivity contribution in [3.05, 3.63) is 0 Å². The average molecular weight is 214 g/mol. The van der Waals surface area contributed by atoms with Crippen LogP contribution in [0.15, 0.2) is 0 Å². The summed E-state index contributed by atoms with van der Waals surface area (Å²) in [6, 6.07) is 0. The third-order valence-electron chi connectivity index (χ3n) is 3.07. The van der Waals surface area contributed by atoms with Crippen LogP contribution in [-0.4, -0.2) is 49.3 Å². The molecule has 90 valence electrons. The van der Waals surface area contributed by atoms with E-state index in [1.165, 1.54) is 51.7 Å². The van der Waals surface area contributed by atoms with Crippen molar-refractivity contribution in [2.45, 2.75) is 38.5 Å². The quantitative estimate of drug-likeness (QED) is 0.567. The Balaban J connectivity index is 1.73. The fourth-order valence-electron chi connectivity index (χ4n) is 2.08. The number of aliphatic hydroxyl groups excluding tert-OH is 1. The molecule has 0 aliphatic carbocycles. The molecule has 0 aromatic heterocycles. The smallest absolute Gasteiger partial charge is 0.0431 e. The van der Waals surface area contributed by atoms with Crippen molar-refractivity contribution in [1.82, 2.24) is 10.2 Å². The van der Waals surface area contributed by atoms with Crippen molar-refractivity contribution < 1.29 is 5.11 Å². The van der Waals surface area contributed by atoms with E-state index in [-0.39, 0.29) is 0 Å². The summed E-state index contributed by atoms with van der Waals surface area (Å²) in [5.41, 5.74) is 0. The third kappa shape index (κ3) is 6.88. The van der Waals surface area contributed by atoms with Gasteiger partial charge in [-0.2, -0.15) is 0 Å². The molecule has 1 aliphatic rings. The highest BCUT2D eigenvalue weighted by Gasteiger charge is 2.09. The first-order valence-corrected chi connectivity index (χ1v) is 6.47. The maximum absolute atomic E-state index is 8.61. The van der Waals surface area contributed by atoms with Crippen molar-refractivity contribution in [3.63, 3.8) is 0 Å². The van der Waals surface area contributed by atoms with Crippen LogP contribution in [0.25, 0.3) is 0 Å². The summed E-state index contributed by atoms with van der Waals surface area (Å²) in [4.78, 5) is 2.54. The van der Waals surface area contributed by atoms with Gasteiger partial charge < -0.3 is 15.3 Å². The molecule has 1 heterocycles. The molecule has 2 N–H and O–H groups in total. The monoisotopic (exact) mass is 214 g/mol. The molecule has 0 saturated carbocycles. The van der Waals surface area contributed by atoms with E-state index in [0.717, 1.165) is 19.5 Å². The largest absolute Gasteiger partial charge is 0.396 e. The molecule has 0 spiro atoms. The van der Waals surface area contributed by atoms with E-state index in [1.54, 1.807) is 0 Å². The van der Waals surface area contributed by atoms with Crippen molar-refractivity contribution in [2.75, 3.05) is 39.3 Å². The number of aliphatic hydroxyl groups is 1. The molecule has 1 rings (SSSR count). The molecule has 0 atom stereocenters. The lowest BCUT2D eigenvalue weighted by atomic mass is 10.2. The van der Waals surface area contributed by atoms with Crippen LogP contribution in [0.2, 0.25) is 0 Å². The minimum absolute atomic E-state index is 0.350. The first-order valence-electron chi connectivity index (χ1n) is 6.47. The van der Waals surface area contributed by atoms with Crippen LogP contribution in [0.5, 0.6) is 0 Å². The molecule has 1 saturated heterocycles. The fourth-order valence-corrected chi connectivity index (χ4v) is 2.08.